The minimum absolute atomic E-state index is 0.0370. The molecule has 1 aliphatic rings. The molecule has 1 N–H and O–H groups in total. The quantitative estimate of drug-likeness (QED) is 0.271. The number of phenolic OH excluding ortho intramolecular Hbond substituents is 1. The van der Waals surface area contributed by atoms with Crippen molar-refractivity contribution in [3.05, 3.63) is 118 Å². The number of hydrogen-bond acceptors (Lipinski definition) is 4. The molecule has 0 fully saturated rings. The number of halogens is 3. The van der Waals surface area contributed by atoms with E-state index in [9.17, 15) is 18.7 Å². The smallest absolute Gasteiger partial charge is 0.137 e. The second-order valence-corrected chi connectivity index (χ2v) is 9.64. The summed E-state index contributed by atoms with van der Waals surface area (Å²) in [7, 11) is 0. The third kappa shape index (κ3) is 5.75. The normalized spacial score (nSPS) is 13.2. The summed E-state index contributed by atoms with van der Waals surface area (Å²) >= 11 is 6.07. The Balaban J connectivity index is 1.47. The maximum Gasteiger partial charge on any atom is 0.137 e. The van der Waals surface area contributed by atoms with Gasteiger partial charge in [-0.25, -0.2) is 18.7 Å². The molecule has 7 heteroatoms. The highest BCUT2D eigenvalue weighted by atomic mass is 35.5. The molecule has 1 aliphatic carbocycles. The summed E-state index contributed by atoms with van der Waals surface area (Å²) in [5, 5.41) is 10.5. The fraction of sp³-hybridized carbons (Fsp3) is 0.167. The number of hydrogen-bond donors (Lipinski definition) is 1. The van der Waals surface area contributed by atoms with Crippen LogP contribution in [-0.2, 0) is 17.6 Å². The third-order valence-corrected chi connectivity index (χ3v) is 6.81. The molecule has 186 valence electrons. The van der Waals surface area contributed by atoms with Crippen molar-refractivity contribution in [3.63, 3.8) is 0 Å². The number of carbonyl (C=O) groups is 1. The zero-order valence-electron chi connectivity index (χ0n) is 19.8. The molecule has 4 aromatic rings. The van der Waals surface area contributed by atoms with E-state index in [-0.39, 0.29) is 30.8 Å². The van der Waals surface area contributed by atoms with Crippen molar-refractivity contribution in [1.29, 1.82) is 0 Å². The number of Topliss-reactive ketones (excluding diaryl/α,β-unsaturated/α-hetero) is 1. The predicted octanol–water partition coefficient (Wildman–Crippen LogP) is 7.10. The van der Waals surface area contributed by atoms with Crippen LogP contribution in [-0.4, -0.2) is 20.9 Å². The lowest BCUT2D eigenvalue weighted by molar-refractivity contribution is -0.118. The van der Waals surface area contributed by atoms with Crippen molar-refractivity contribution in [2.24, 2.45) is 0 Å². The molecular weight excluding hydrogens is 494 g/mol. The minimum Gasteiger partial charge on any atom is -0.508 e. The summed E-state index contributed by atoms with van der Waals surface area (Å²) < 4.78 is 28.0. The van der Waals surface area contributed by atoms with Gasteiger partial charge in [0.05, 0.1) is 5.69 Å². The van der Waals surface area contributed by atoms with Gasteiger partial charge in [0.15, 0.2) is 0 Å². The number of allylic oxidation sites excluding steroid dienone is 2. The Labute approximate surface area is 218 Å². The lowest BCUT2D eigenvalue weighted by atomic mass is 9.86. The van der Waals surface area contributed by atoms with Crippen molar-refractivity contribution in [1.82, 2.24) is 9.97 Å². The predicted molar refractivity (Wildman–Crippen MR) is 139 cm³/mol. The van der Waals surface area contributed by atoms with E-state index in [4.69, 9.17) is 11.6 Å². The van der Waals surface area contributed by atoms with Crippen LogP contribution in [0.4, 0.5) is 8.78 Å². The van der Waals surface area contributed by atoms with Crippen molar-refractivity contribution in [2.45, 2.75) is 31.6 Å². The first-order chi connectivity index (χ1) is 17.9. The van der Waals surface area contributed by atoms with Gasteiger partial charge in [-0.15, -0.1) is 0 Å². The molecule has 0 unspecified atom stereocenters. The Morgan fingerprint density at radius 1 is 1.00 bits per heavy atom. The van der Waals surface area contributed by atoms with Crippen LogP contribution < -0.4 is 0 Å². The Kier molecular flexibility index (Phi) is 7.10. The van der Waals surface area contributed by atoms with Crippen LogP contribution in [0.15, 0.2) is 79.3 Å². The van der Waals surface area contributed by atoms with Crippen LogP contribution in [0, 0.1) is 11.6 Å². The zero-order valence-corrected chi connectivity index (χ0v) is 20.6. The van der Waals surface area contributed by atoms with Crippen LogP contribution in [0.25, 0.3) is 16.7 Å². The van der Waals surface area contributed by atoms with Crippen LogP contribution in [0.5, 0.6) is 5.75 Å². The highest BCUT2D eigenvalue weighted by molar-refractivity contribution is 6.30. The Morgan fingerprint density at radius 2 is 1.76 bits per heavy atom. The first-order valence-electron chi connectivity index (χ1n) is 11.9. The number of aromatic nitrogens is 2. The van der Waals surface area contributed by atoms with Gasteiger partial charge in [-0.05, 0) is 77.1 Å². The van der Waals surface area contributed by atoms with Gasteiger partial charge in [0.2, 0.25) is 0 Å². The Hall–Kier alpha value is -3.90. The van der Waals surface area contributed by atoms with Gasteiger partial charge in [-0.2, -0.15) is 0 Å². The largest absolute Gasteiger partial charge is 0.508 e. The van der Waals surface area contributed by atoms with E-state index >= 15 is 0 Å². The molecule has 37 heavy (non-hydrogen) atoms. The summed E-state index contributed by atoms with van der Waals surface area (Å²) in [5.41, 5.74) is 5.41. The van der Waals surface area contributed by atoms with Crippen LogP contribution >= 0.6 is 11.6 Å². The van der Waals surface area contributed by atoms with Crippen LogP contribution in [0.1, 0.15) is 41.1 Å². The number of benzene rings is 3. The summed E-state index contributed by atoms with van der Waals surface area (Å²) in [5.74, 6) is -1.68. The van der Waals surface area contributed by atoms with Gasteiger partial charge in [0.25, 0.3) is 0 Å². The average Bonchev–Trinajstić information content (AvgIpc) is 3.25. The number of carbonyl (C=O) groups excluding carboxylic acids is 1. The Morgan fingerprint density at radius 3 is 2.51 bits per heavy atom. The summed E-state index contributed by atoms with van der Waals surface area (Å²) in [4.78, 5) is 22.1. The molecule has 1 atom stereocenters. The summed E-state index contributed by atoms with van der Waals surface area (Å²) in [6.45, 7) is 0. The maximum atomic E-state index is 14.0. The molecule has 0 aliphatic heterocycles. The van der Waals surface area contributed by atoms with E-state index in [2.05, 4.69) is 9.97 Å². The third-order valence-electron chi connectivity index (χ3n) is 6.56. The molecule has 0 spiro atoms. The van der Waals surface area contributed by atoms with E-state index < -0.39 is 17.6 Å². The first kappa shape index (κ1) is 24.8. The minimum atomic E-state index is -0.673. The number of aromatic hydroxyl groups is 1. The molecule has 0 bridgehead atoms. The molecule has 0 saturated carbocycles. The van der Waals surface area contributed by atoms with Crippen molar-refractivity contribution >= 4 is 23.0 Å². The standard InChI is InChI=1S/C30H23ClF2N2O2/c31-23-6-3-20(4-7-23)29-16-34-17-35-30(29)22(9-18-10-24(32)14-25(33)11-18)13-27(37)12-21-2-1-19-5-8-26(36)15-28(19)21/h2-8,10-11,14-17,22,36H,1,9,12-13H2/t22-/m0/s1. The van der Waals surface area contributed by atoms with E-state index in [0.29, 0.717) is 22.7 Å². The van der Waals surface area contributed by atoms with Crippen molar-refractivity contribution in [2.75, 3.05) is 0 Å². The summed E-state index contributed by atoms with van der Waals surface area (Å²) in [6, 6.07) is 15.8. The number of nitrogens with zero attached hydrogens (tertiary/aromatic N) is 2. The molecule has 0 saturated heterocycles. The monoisotopic (exact) mass is 516 g/mol. The lowest BCUT2D eigenvalue weighted by Crippen LogP contribution is -2.13. The highest BCUT2D eigenvalue weighted by Crippen LogP contribution is 2.36. The van der Waals surface area contributed by atoms with Gasteiger partial charge in [-0.1, -0.05) is 35.9 Å². The first-order valence-corrected chi connectivity index (χ1v) is 12.3. The second-order valence-electron chi connectivity index (χ2n) is 9.20. The lowest BCUT2D eigenvalue weighted by Gasteiger charge is -2.20. The average molecular weight is 517 g/mol. The Bertz CT molecular complexity index is 1480. The number of rotatable bonds is 8. The van der Waals surface area contributed by atoms with Gasteiger partial charge in [-0.3, -0.25) is 4.79 Å². The van der Waals surface area contributed by atoms with E-state index in [1.165, 1.54) is 18.5 Å². The van der Waals surface area contributed by atoms with Gasteiger partial charge in [0, 0.05) is 41.6 Å². The molecule has 0 radical (unpaired) electrons. The SMILES string of the molecule is O=C(CC1=CCc2ccc(O)cc21)C[C@H](Cc1cc(F)cc(F)c1)c1ncncc1-c1ccc(Cl)cc1. The van der Waals surface area contributed by atoms with E-state index in [1.807, 2.05) is 24.3 Å². The van der Waals surface area contributed by atoms with Crippen LogP contribution in [0.3, 0.4) is 0 Å². The second kappa shape index (κ2) is 10.6. The molecule has 3 aromatic carbocycles. The number of phenols is 1. The molecule has 5 rings (SSSR count). The maximum absolute atomic E-state index is 14.0. The fourth-order valence-electron chi connectivity index (χ4n) is 4.91. The topological polar surface area (TPSA) is 63.1 Å². The molecule has 4 nitrogen and oxygen atoms in total. The number of ketones is 1. The van der Waals surface area contributed by atoms with E-state index in [1.54, 1.807) is 30.5 Å². The highest BCUT2D eigenvalue weighted by Gasteiger charge is 2.25. The summed E-state index contributed by atoms with van der Waals surface area (Å²) in [6.07, 6.45) is 6.31. The zero-order chi connectivity index (χ0) is 25.9. The van der Waals surface area contributed by atoms with E-state index in [0.717, 1.165) is 33.9 Å². The van der Waals surface area contributed by atoms with Gasteiger partial charge >= 0.3 is 0 Å². The van der Waals surface area contributed by atoms with Crippen LogP contribution in [0.2, 0.25) is 5.02 Å². The van der Waals surface area contributed by atoms with Gasteiger partial charge < -0.3 is 5.11 Å². The fourth-order valence-corrected chi connectivity index (χ4v) is 5.03. The van der Waals surface area contributed by atoms with Crippen molar-refractivity contribution in [3.8, 4) is 16.9 Å². The molecular formula is C30H23ClF2N2O2. The molecule has 1 aromatic heterocycles. The van der Waals surface area contributed by atoms with Gasteiger partial charge in [0.1, 0.15) is 29.5 Å². The number of fused-ring (bicyclic) bond motifs is 1. The molecule has 0 amide bonds. The molecule has 1 heterocycles. The van der Waals surface area contributed by atoms with Crippen molar-refractivity contribution < 1.29 is 18.7 Å².